The van der Waals surface area contributed by atoms with Crippen molar-refractivity contribution in [2.24, 2.45) is 10.9 Å². The first-order valence-electron chi connectivity index (χ1n) is 6.56. The zero-order chi connectivity index (χ0) is 15.3. The molecule has 3 atom stereocenters. The summed E-state index contributed by atoms with van der Waals surface area (Å²) in [5.74, 6) is -1.81. The summed E-state index contributed by atoms with van der Waals surface area (Å²) < 4.78 is 10.3. The standard InChI is InChI=1S/C15H14ClNO4/c1-14-8-10(11(18)20-2)15(13(19)21-14,17-12(14)16)9-6-4-3-5-7-9/h3-7,10H,8H2,1-2H3/t10-,14+,15+/m1/s1. The van der Waals surface area contributed by atoms with Crippen molar-refractivity contribution in [1.82, 2.24) is 0 Å². The summed E-state index contributed by atoms with van der Waals surface area (Å²) in [6, 6.07) is 8.84. The first-order valence-corrected chi connectivity index (χ1v) is 6.94. The van der Waals surface area contributed by atoms with E-state index in [4.69, 9.17) is 21.1 Å². The molecule has 110 valence electrons. The molecule has 3 aliphatic heterocycles. The predicted octanol–water partition coefficient (Wildman–Crippen LogP) is 2.03. The highest BCUT2D eigenvalue weighted by atomic mass is 35.5. The van der Waals surface area contributed by atoms with Crippen LogP contribution in [0.3, 0.4) is 0 Å². The number of aliphatic imine (C=N–C) groups is 1. The third-order valence-electron chi connectivity index (χ3n) is 4.14. The van der Waals surface area contributed by atoms with Gasteiger partial charge in [-0.05, 0) is 12.5 Å². The largest absolute Gasteiger partial charge is 0.469 e. The minimum absolute atomic E-state index is 0.200. The lowest BCUT2D eigenvalue weighted by Crippen LogP contribution is -2.63. The average molecular weight is 308 g/mol. The Bertz CT molecular complexity index is 644. The summed E-state index contributed by atoms with van der Waals surface area (Å²) >= 11 is 6.19. The van der Waals surface area contributed by atoms with E-state index in [1.54, 1.807) is 31.2 Å². The number of hydrogen-bond acceptors (Lipinski definition) is 5. The number of halogens is 1. The smallest absolute Gasteiger partial charge is 0.340 e. The molecule has 1 aromatic carbocycles. The Morgan fingerprint density at radius 2 is 2.10 bits per heavy atom. The van der Waals surface area contributed by atoms with E-state index in [9.17, 15) is 9.59 Å². The van der Waals surface area contributed by atoms with E-state index in [0.717, 1.165) is 0 Å². The molecule has 1 fully saturated rings. The van der Waals surface area contributed by atoms with Gasteiger partial charge in [-0.1, -0.05) is 41.9 Å². The molecule has 1 aromatic rings. The van der Waals surface area contributed by atoms with Crippen LogP contribution in [0.1, 0.15) is 18.9 Å². The number of ether oxygens (including phenoxy) is 2. The molecule has 2 bridgehead atoms. The van der Waals surface area contributed by atoms with Crippen LogP contribution in [-0.2, 0) is 24.6 Å². The molecule has 0 radical (unpaired) electrons. The fourth-order valence-corrected chi connectivity index (χ4v) is 3.25. The van der Waals surface area contributed by atoms with Crippen LogP contribution in [0.25, 0.3) is 0 Å². The molecule has 5 nitrogen and oxygen atoms in total. The molecule has 6 heteroatoms. The minimum Gasteiger partial charge on any atom is -0.469 e. The predicted molar refractivity (Wildman–Crippen MR) is 76.0 cm³/mol. The highest BCUT2D eigenvalue weighted by molar-refractivity contribution is 6.68. The Balaban J connectivity index is 2.25. The molecule has 0 amide bonds. The number of esters is 2. The fourth-order valence-electron chi connectivity index (χ4n) is 3.00. The topological polar surface area (TPSA) is 65.0 Å². The Kier molecular flexibility index (Phi) is 3.06. The van der Waals surface area contributed by atoms with Gasteiger partial charge in [-0.25, -0.2) is 9.79 Å². The van der Waals surface area contributed by atoms with Gasteiger partial charge in [-0.15, -0.1) is 0 Å². The first-order chi connectivity index (χ1) is 9.94. The number of fused-ring (bicyclic) bond motifs is 2. The van der Waals surface area contributed by atoms with Gasteiger partial charge in [0.2, 0.25) is 0 Å². The summed E-state index contributed by atoms with van der Waals surface area (Å²) in [4.78, 5) is 29.1. The molecule has 1 saturated heterocycles. The van der Waals surface area contributed by atoms with Crippen molar-refractivity contribution in [3.63, 3.8) is 0 Å². The van der Waals surface area contributed by atoms with Gasteiger partial charge >= 0.3 is 11.9 Å². The Labute approximate surface area is 126 Å². The highest BCUT2D eigenvalue weighted by Crippen LogP contribution is 2.51. The van der Waals surface area contributed by atoms with Crippen LogP contribution in [-0.4, -0.2) is 29.8 Å². The number of hydrogen-bond donors (Lipinski definition) is 0. The van der Waals surface area contributed by atoms with Gasteiger partial charge in [-0.2, -0.15) is 0 Å². The van der Waals surface area contributed by atoms with Crippen molar-refractivity contribution in [3.05, 3.63) is 35.9 Å². The van der Waals surface area contributed by atoms with Gasteiger partial charge in [-0.3, -0.25) is 4.79 Å². The normalized spacial score (nSPS) is 34.1. The lowest BCUT2D eigenvalue weighted by Gasteiger charge is -2.49. The summed E-state index contributed by atoms with van der Waals surface area (Å²) in [6.45, 7) is 1.65. The number of carbonyl (C=O) groups is 2. The van der Waals surface area contributed by atoms with Gasteiger partial charge < -0.3 is 9.47 Å². The van der Waals surface area contributed by atoms with E-state index in [1.165, 1.54) is 7.11 Å². The second kappa shape index (κ2) is 4.56. The first kappa shape index (κ1) is 14.1. The third-order valence-corrected chi connectivity index (χ3v) is 4.62. The van der Waals surface area contributed by atoms with Crippen molar-refractivity contribution >= 4 is 28.7 Å². The van der Waals surface area contributed by atoms with Crippen LogP contribution in [0.5, 0.6) is 0 Å². The molecule has 21 heavy (non-hydrogen) atoms. The average Bonchev–Trinajstić information content (AvgIpc) is 2.48. The van der Waals surface area contributed by atoms with E-state index in [1.807, 2.05) is 6.07 Å². The molecular weight excluding hydrogens is 294 g/mol. The number of rotatable bonds is 2. The van der Waals surface area contributed by atoms with Gasteiger partial charge in [0.05, 0.1) is 7.11 Å². The summed E-state index contributed by atoms with van der Waals surface area (Å²) in [7, 11) is 1.29. The van der Waals surface area contributed by atoms with Gasteiger partial charge in [0, 0.05) is 6.42 Å². The zero-order valence-corrected chi connectivity index (χ0v) is 12.4. The van der Waals surface area contributed by atoms with Crippen LogP contribution in [0.2, 0.25) is 0 Å². The van der Waals surface area contributed by atoms with Crippen molar-refractivity contribution in [2.75, 3.05) is 7.11 Å². The molecule has 0 aliphatic carbocycles. The molecule has 0 spiro atoms. The Morgan fingerprint density at radius 1 is 1.43 bits per heavy atom. The lowest BCUT2D eigenvalue weighted by atomic mass is 9.68. The van der Waals surface area contributed by atoms with Crippen LogP contribution < -0.4 is 0 Å². The van der Waals surface area contributed by atoms with Gasteiger partial charge in [0.25, 0.3) is 0 Å². The molecule has 0 N–H and O–H groups in total. The van der Waals surface area contributed by atoms with Crippen LogP contribution in [0, 0.1) is 5.92 Å². The van der Waals surface area contributed by atoms with Crippen LogP contribution in [0.15, 0.2) is 35.3 Å². The summed E-state index contributed by atoms with van der Waals surface area (Å²) in [5.41, 5.74) is -1.94. The van der Waals surface area contributed by atoms with Crippen molar-refractivity contribution in [3.8, 4) is 0 Å². The van der Waals surface area contributed by atoms with E-state index >= 15 is 0 Å². The molecule has 0 saturated carbocycles. The zero-order valence-electron chi connectivity index (χ0n) is 11.6. The van der Waals surface area contributed by atoms with Crippen molar-refractivity contribution < 1.29 is 19.1 Å². The van der Waals surface area contributed by atoms with Crippen LogP contribution in [0.4, 0.5) is 0 Å². The quantitative estimate of drug-likeness (QED) is 0.784. The van der Waals surface area contributed by atoms with E-state index < -0.39 is 29.0 Å². The lowest BCUT2D eigenvalue weighted by molar-refractivity contribution is -0.184. The molecule has 0 unspecified atom stereocenters. The second-order valence-corrected chi connectivity index (χ2v) is 5.79. The van der Waals surface area contributed by atoms with E-state index in [-0.39, 0.29) is 11.6 Å². The molecular formula is C15H14ClNO4. The maximum absolute atomic E-state index is 12.6. The maximum atomic E-state index is 12.6. The minimum atomic E-state index is -1.46. The SMILES string of the molecule is COC(=O)[C@H]1C[C@]2(C)OC(=O)[C@@]1(c1ccccc1)N=C2Cl. The van der Waals surface area contributed by atoms with E-state index in [0.29, 0.717) is 5.56 Å². The summed E-state index contributed by atoms with van der Waals surface area (Å²) in [6.07, 6.45) is 0.253. The maximum Gasteiger partial charge on any atom is 0.340 e. The third kappa shape index (κ3) is 1.80. The number of carbonyl (C=O) groups excluding carboxylic acids is 2. The number of benzene rings is 1. The monoisotopic (exact) mass is 307 g/mol. The molecule has 0 aromatic heterocycles. The highest BCUT2D eigenvalue weighted by Gasteiger charge is 2.65. The van der Waals surface area contributed by atoms with Crippen molar-refractivity contribution in [1.29, 1.82) is 0 Å². The van der Waals surface area contributed by atoms with Crippen LogP contribution >= 0.6 is 11.6 Å². The Hall–Kier alpha value is -1.88. The summed E-state index contributed by atoms with van der Waals surface area (Å²) in [5, 5.41) is 0.200. The number of nitrogens with zero attached hydrogens (tertiary/aromatic N) is 1. The molecule has 4 rings (SSSR count). The number of methoxy groups -OCH3 is 1. The molecule has 3 heterocycles. The van der Waals surface area contributed by atoms with E-state index in [2.05, 4.69) is 4.99 Å². The van der Waals surface area contributed by atoms with Gasteiger partial charge in [0.1, 0.15) is 11.1 Å². The molecule has 3 aliphatic rings. The van der Waals surface area contributed by atoms with Gasteiger partial charge in [0.15, 0.2) is 11.1 Å². The fraction of sp³-hybridized carbons (Fsp3) is 0.400. The Morgan fingerprint density at radius 3 is 2.71 bits per heavy atom. The second-order valence-electron chi connectivity index (χ2n) is 5.44. The van der Waals surface area contributed by atoms with Crippen molar-refractivity contribution in [2.45, 2.75) is 24.5 Å².